The molecule has 0 atom stereocenters. The third-order valence-corrected chi connectivity index (χ3v) is 14.3. The Balaban J connectivity index is 1.24. The number of fused-ring (bicyclic) bond motifs is 9. The maximum absolute atomic E-state index is 13.1. The first kappa shape index (κ1) is 33.9. The smallest absolute Gasteiger partial charge is 0.279 e. The summed E-state index contributed by atoms with van der Waals surface area (Å²) in [5, 5.41) is 10.7. The summed E-state index contributed by atoms with van der Waals surface area (Å²) in [6, 6.07) is 5.70. The van der Waals surface area contributed by atoms with Crippen LogP contribution in [-0.4, -0.2) is 58.9 Å². The first-order valence-electron chi connectivity index (χ1n) is 15.8. The highest BCUT2D eigenvalue weighted by Crippen LogP contribution is 2.64. The van der Waals surface area contributed by atoms with Crippen LogP contribution >= 0.6 is 45.3 Å². The number of imide groups is 2. The van der Waals surface area contributed by atoms with Gasteiger partial charge in [-0.25, -0.2) is 14.8 Å². The quantitative estimate of drug-likeness (QED) is 0.149. The van der Waals surface area contributed by atoms with Crippen LogP contribution < -0.4 is 9.47 Å². The molecule has 4 aliphatic heterocycles. The highest BCUT2D eigenvalue weighted by molar-refractivity contribution is 7.35. The number of thiophene rings is 4. The Kier molecular flexibility index (Phi) is 7.24. The van der Waals surface area contributed by atoms with Gasteiger partial charge in [-0.2, -0.15) is 5.26 Å². The molecule has 8 rings (SSSR count). The number of ether oxygens (including phenoxy) is 2. The summed E-state index contributed by atoms with van der Waals surface area (Å²) in [6.45, 7) is 18.5. The van der Waals surface area contributed by atoms with Crippen molar-refractivity contribution in [1.82, 2.24) is 9.80 Å². The van der Waals surface area contributed by atoms with E-state index in [0.717, 1.165) is 61.3 Å². The predicted molar refractivity (Wildman–Crippen MR) is 201 cm³/mol. The van der Waals surface area contributed by atoms with Crippen molar-refractivity contribution >= 4 is 99.8 Å². The Morgan fingerprint density at radius 1 is 0.712 bits per heavy atom. The summed E-state index contributed by atoms with van der Waals surface area (Å²) in [5.41, 5.74) is 0.681. The van der Waals surface area contributed by atoms with Gasteiger partial charge in [0.25, 0.3) is 29.3 Å². The minimum Gasteiger partial charge on any atom is -0.480 e. The Morgan fingerprint density at radius 2 is 1.15 bits per heavy atom. The topological polar surface area (TPSA) is 146 Å². The lowest BCUT2D eigenvalue weighted by Crippen LogP contribution is -2.44. The van der Waals surface area contributed by atoms with Crippen LogP contribution in [0.5, 0.6) is 11.5 Å². The predicted octanol–water partition coefficient (Wildman–Crippen LogP) is 7.85. The molecule has 4 aromatic rings. The fraction of sp³-hybridized carbons (Fsp3) is 0.278. The molecule has 0 bridgehead atoms. The second-order valence-electron chi connectivity index (χ2n) is 13.5. The zero-order valence-corrected chi connectivity index (χ0v) is 32.2. The summed E-state index contributed by atoms with van der Waals surface area (Å²) in [6.07, 6.45) is 0. The molecule has 8 heterocycles. The number of rotatable bonds is 2. The summed E-state index contributed by atoms with van der Waals surface area (Å²) < 4.78 is 15.3. The summed E-state index contributed by atoms with van der Waals surface area (Å²) in [7, 11) is 2.69. The maximum atomic E-state index is 13.1. The molecule has 0 fully saturated rings. The van der Waals surface area contributed by atoms with Gasteiger partial charge >= 0.3 is 0 Å². The number of hydrogen-bond donors (Lipinski definition) is 0. The van der Waals surface area contributed by atoms with E-state index in [1.54, 1.807) is 36.5 Å². The number of carbonyl (C=O) groups excluding carboxylic acids is 4. The fourth-order valence-corrected chi connectivity index (χ4v) is 11.8. The molecule has 0 aliphatic carbocycles. The van der Waals surface area contributed by atoms with E-state index in [2.05, 4.69) is 14.8 Å². The van der Waals surface area contributed by atoms with Crippen molar-refractivity contribution in [2.24, 2.45) is 9.98 Å². The summed E-state index contributed by atoms with van der Waals surface area (Å²) in [4.78, 5) is 69.4. The van der Waals surface area contributed by atoms with Gasteiger partial charge in [-0.15, -0.1) is 45.3 Å². The third kappa shape index (κ3) is 4.58. The minimum absolute atomic E-state index is 0.0516. The number of carbonyl (C=O) groups is 4. The van der Waals surface area contributed by atoms with E-state index in [1.807, 2.05) is 45.9 Å². The highest BCUT2D eigenvalue weighted by Gasteiger charge is 2.43. The molecule has 260 valence electrons. The molecule has 0 aromatic carbocycles. The van der Waals surface area contributed by atoms with E-state index in [1.165, 1.54) is 36.8 Å². The molecular formula is C36H26N6O6S4. The molecule has 52 heavy (non-hydrogen) atoms. The van der Waals surface area contributed by atoms with Crippen LogP contribution in [0.1, 0.15) is 52.7 Å². The molecule has 12 nitrogen and oxygen atoms in total. The van der Waals surface area contributed by atoms with E-state index in [4.69, 9.17) is 16.0 Å². The van der Waals surface area contributed by atoms with E-state index in [0.29, 0.717) is 10.0 Å². The number of nitrogens with zero attached hydrogens (tertiary/aromatic N) is 6. The molecule has 0 unspecified atom stereocenters. The van der Waals surface area contributed by atoms with Crippen LogP contribution in [0.3, 0.4) is 0 Å². The second kappa shape index (κ2) is 11.1. The van der Waals surface area contributed by atoms with Gasteiger partial charge in [0, 0.05) is 30.8 Å². The van der Waals surface area contributed by atoms with Gasteiger partial charge in [-0.05, 0) is 59.2 Å². The summed E-state index contributed by atoms with van der Waals surface area (Å²) in [5.74, 6) is -0.954. The van der Waals surface area contributed by atoms with Crippen molar-refractivity contribution in [1.29, 1.82) is 5.26 Å². The van der Waals surface area contributed by atoms with Gasteiger partial charge in [0.15, 0.2) is 11.5 Å². The lowest BCUT2D eigenvalue weighted by molar-refractivity contribution is -0.138. The van der Waals surface area contributed by atoms with Crippen LogP contribution in [-0.2, 0) is 30.4 Å². The van der Waals surface area contributed by atoms with Crippen LogP contribution in [0, 0.1) is 17.9 Å². The van der Waals surface area contributed by atoms with E-state index < -0.39 is 34.8 Å². The molecule has 0 spiro atoms. The molecule has 16 heteroatoms. The van der Waals surface area contributed by atoms with Gasteiger partial charge in [0.2, 0.25) is 0 Å². The maximum Gasteiger partial charge on any atom is 0.279 e. The van der Waals surface area contributed by atoms with Gasteiger partial charge in [0.05, 0.1) is 35.5 Å². The zero-order valence-electron chi connectivity index (χ0n) is 28.9. The lowest BCUT2D eigenvalue weighted by Gasteiger charge is -2.31. The monoisotopic (exact) mass is 766 g/mol. The molecule has 0 N–H and O–H groups in total. The molecule has 4 aliphatic rings. The molecule has 4 aromatic heterocycles. The van der Waals surface area contributed by atoms with Crippen LogP contribution in [0.2, 0.25) is 0 Å². The van der Waals surface area contributed by atoms with Crippen LogP contribution in [0.25, 0.3) is 33.8 Å². The normalized spacial score (nSPS) is 20.5. The standard InChI is InChI=1S/C36H26N6O6S4/c1-13-15(12-37)31(43)41(8)33(45)21(13)39-18-10-16-25(49-18)27-23(47-35(16,3)4)29-30(51-27)24-28(52-29)26-17(36(5,6)48-24)11-19(50-26)40-22-14(2)20(38-7)32(44)42(9)34(22)46/h10-11H,1-6,8-9H3. The first-order chi connectivity index (χ1) is 24.5. The Hall–Kier alpha value is -5.26. The molecule has 0 saturated carbocycles. The SMILES string of the molecule is [C-]#[N+]C1=C(C)C(=Nc2cc3c(s2)-c2sc4c5c(sc4c2OC3(C)C)-c2sc(N=C3C(=O)N(C)C(=O)C(C#N)=C3C)cc2C(C)(C)O5)C(=O)N(C)C1=O. The van der Waals surface area contributed by atoms with Crippen molar-refractivity contribution in [3.05, 3.63) is 57.1 Å². The Labute approximate surface area is 313 Å². The van der Waals surface area contributed by atoms with E-state index in [-0.39, 0.29) is 33.8 Å². The molecular weight excluding hydrogens is 741 g/mol. The average molecular weight is 767 g/mol. The molecule has 4 amide bonds. The molecule has 0 saturated heterocycles. The Morgan fingerprint density at radius 3 is 1.60 bits per heavy atom. The van der Waals surface area contributed by atoms with Crippen molar-refractivity contribution < 1.29 is 28.7 Å². The number of aliphatic imine (C=N–C) groups is 2. The van der Waals surface area contributed by atoms with Gasteiger partial charge < -0.3 is 9.47 Å². The van der Waals surface area contributed by atoms with Gasteiger partial charge in [-0.1, -0.05) is 0 Å². The number of amides is 4. The molecule has 0 radical (unpaired) electrons. The van der Waals surface area contributed by atoms with Gasteiger partial charge in [-0.3, -0.25) is 29.0 Å². The van der Waals surface area contributed by atoms with Crippen molar-refractivity contribution in [2.75, 3.05) is 14.1 Å². The van der Waals surface area contributed by atoms with Crippen molar-refractivity contribution in [3.63, 3.8) is 0 Å². The fourth-order valence-electron chi connectivity index (χ4n) is 6.55. The zero-order chi connectivity index (χ0) is 37.3. The van der Waals surface area contributed by atoms with Crippen molar-refractivity contribution in [3.8, 4) is 37.1 Å². The number of likely N-dealkylation sites (N-methyl/N-ethyl adjacent to an activating group) is 2. The summed E-state index contributed by atoms with van der Waals surface area (Å²) >= 11 is 5.94. The minimum atomic E-state index is -0.754. The van der Waals surface area contributed by atoms with Crippen molar-refractivity contribution in [2.45, 2.75) is 52.7 Å². The van der Waals surface area contributed by atoms with Gasteiger partial charge in [0.1, 0.15) is 44.3 Å². The number of hydrogen-bond acceptors (Lipinski definition) is 13. The largest absolute Gasteiger partial charge is 0.480 e. The van der Waals surface area contributed by atoms with E-state index in [9.17, 15) is 24.4 Å². The van der Waals surface area contributed by atoms with Crippen LogP contribution in [0.15, 0.2) is 44.5 Å². The third-order valence-electron chi connectivity index (χ3n) is 9.45. The Bertz CT molecular complexity index is 2460. The number of nitriles is 1. The lowest BCUT2D eigenvalue weighted by atomic mass is 9.95. The van der Waals surface area contributed by atoms with Crippen LogP contribution in [0.4, 0.5) is 10.0 Å². The average Bonchev–Trinajstić information content (AvgIpc) is 3.87. The second-order valence-corrected chi connectivity index (χ2v) is 17.6. The highest BCUT2D eigenvalue weighted by atomic mass is 32.1. The van der Waals surface area contributed by atoms with E-state index >= 15 is 0 Å². The first-order valence-corrected chi connectivity index (χ1v) is 19.0.